The van der Waals surface area contributed by atoms with Crippen molar-refractivity contribution >= 4 is 16.5 Å². The van der Waals surface area contributed by atoms with Gasteiger partial charge >= 0.3 is 0 Å². The molecule has 4 rings (SSSR count). The number of nitrogen functional groups attached to an aromatic ring is 1. The molecule has 0 spiro atoms. The molecule has 0 heterocycles. The van der Waals surface area contributed by atoms with E-state index in [1.165, 1.54) is 21.9 Å². The largest absolute Gasteiger partial charge is 0.398 e. The van der Waals surface area contributed by atoms with Gasteiger partial charge in [-0.15, -0.1) is 0 Å². The Morgan fingerprint density at radius 2 is 1.22 bits per heavy atom. The Labute approximate surface area is 107 Å². The average Bonchev–Trinajstić information content (AvgIpc) is 3.21. The summed E-state index contributed by atoms with van der Waals surface area (Å²) in [5.74, 6) is 0. The SMILES string of the molecule is Nc1cccc2c1C2.c1ccc2ccccc2c1. The Balaban J connectivity index is 0.000000114. The van der Waals surface area contributed by atoms with Crippen molar-refractivity contribution in [2.45, 2.75) is 6.42 Å². The van der Waals surface area contributed by atoms with E-state index >= 15 is 0 Å². The second-order valence-electron chi connectivity index (χ2n) is 4.51. The first-order chi connectivity index (χ1) is 8.84. The lowest BCUT2D eigenvalue weighted by Crippen LogP contribution is -1.80. The molecule has 0 unspecified atom stereocenters. The zero-order valence-electron chi connectivity index (χ0n) is 10.1. The Bertz CT molecular complexity index is 621. The predicted octanol–water partition coefficient (Wildman–Crippen LogP) is 4.01. The highest BCUT2D eigenvalue weighted by Crippen LogP contribution is 2.32. The number of nitrogens with two attached hydrogens (primary N) is 1. The number of hydrogen-bond acceptors (Lipinski definition) is 1. The van der Waals surface area contributed by atoms with Gasteiger partial charge < -0.3 is 5.73 Å². The summed E-state index contributed by atoms with van der Waals surface area (Å²) in [6, 6.07) is 22.8. The Hall–Kier alpha value is -2.28. The fourth-order valence-corrected chi connectivity index (χ4v) is 2.09. The van der Waals surface area contributed by atoms with Gasteiger partial charge in [0.25, 0.3) is 0 Å². The smallest absolute Gasteiger partial charge is 0.0352 e. The minimum Gasteiger partial charge on any atom is -0.398 e. The number of benzene rings is 3. The van der Waals surface area contributed by atoms with Gasteiger partial charge in [-0.25, -0.2) is 0 Å². The van der Waals surface area contributed by atoms with E-state index in [1.807, 2.05) is 12.1 Å². The molecule has 1 nitrogen and oxygen atoms in total. The van der Waals surface area contributed by atoms with E-state index < -0.39 is 0 Å². The van der Waals surface area contributed by atoms with Gasteiger partial charge in [-0.3, -0.25) is 0 Å². The van der Waals surface area contributed by atoms with E-state index in [2.05, 4.69) is 54.6 Å². The summed E-state index contributed by atoms with van der Waals surface area (Å²) in [6.07, 6.45) is 1.12. The van der Waals surface area contributed by atoms with Gasteiger partial charge in [-0.05, 0) is 28.0 Å². The van der Waals surface area contributed by atoms with Crippen molar-refractivity contribution in [2.24, 2.45) is 0 Å². The number of anilines is 1. The molecule has 3 aromatic carbocycles. The highest BCUT2D eigenvalue weighted by Gasteiger charge is 2.17. The van der Waals surface area contributed by atoms with Crippen LogP contribution < -0.4 is 5.73 Å². The monoisotopic (exact) mass is 233 g/mol. The van der Waals surface area contributed by atoms with Crippen LogP contribution in [0.2, 0.25) is 0 Å². The van der Waals surface area contributed by atoms with Crippen LogP contribution in [0.5, 0.6) is 0 Å². The van der Waals surface area contributed by atoms with Crippen molar-refractivity contribution < 1.29 is 0 Å². The summed E-state index contributed by atoms with van der Waals surface area (Å²) in [5, 5.41) is 2.62. The predicted molar refractivity (Wildman–Crippen MR) is 77.6 cm³/mol. The summed E-state index contributed by atoms with van der Waals surface area (Å²) in [4.78, 5) is 0. The van der Waals surface area contributed by atoms with E-state index in [4.69, 9.17) is 5.73 Å². The molecule has 0 amide bonds. The number of hydrogen-bond donors (Lipinski definition) is 1. The van der Waals surface area contributed by atoms with Crippen molar-refractivity contribution in [3.8, 4) is 0 Å². The van der Waals surface area contributed by atoms with Crippen LogP contribution in [0.25, 0.3) is 10.8 Å². The van der Waals surface area contributed by atoms with Crippen LogP contribution in [-0.2, 0) is 6.42 Å². The van der Waals surface area contributed by atoms with Gasteiger partial charge in [0.05, 0.1) is 0 Å². The molecule has 0 radical (unpaired) electrons. The standard InChI is InChI=1S/C10H8.C7H7N/c1-2-6-10-8-4-3-7-9(10)5-1;8-7-3-1-2-5-4-6(5)7/h1-8H;1-3H,4,8H2. The number of rotatable bonds is 0. The zero-order valence-corrected chi connectivity index (χ0v) is 10.1. The average molecular weight is 233 g/mol. The summed E-state index contributed by atoms with van der Waals surface area (Å²) < 4.78 is 0. The van der Waals surface area contributed by atoms with Crippen LogP contribution in [0.4, 0.5) is 5.69 Å². The molecule has 0 saturated carbocycles. The van der Waals surface area contributed by atoms with Crippen LogP contribution in [0, 0.1) is 0 Å². The zero-order chi connectivity index (χ0) is 12.4. The Morgan fingerprint density at radius 3 is 1.67 bits per heavy atom. The van der Waals surface area contributed by atoms with Crippen molar-refractivity contribution in [2.75, 3.05) is 5.73 Å². The summed E-state index contributed by atoms with van der Waals surface area (Å²) in [6.45, 7) is 0. The molecule has 18 heavy (non-hydrogen) atoms. The molecule has 2 N–H and O–H groups in total. The molecule has 0 saturated heterocycles. The second kappa shape index (κ2) is 4.53. The maximum absolute atomic E-state index is 5.57. The molecule has 3 aromatic rings. The highest BCUT2D eigenvalue weighted by molar-refractivity contribution is 5.82. The summed E-state index contributed by atoms with van der Waals surface area (Å²) in [7, 11) is 0. The van der Waals surface area contributed by atoms with Crippen LogP contribution in [0.3, 0.4) is 0 Å². The third kappa shape index (κ3) is 2.21. The van der Waals surface area contributed by atoms with E-state index in [1.54, 1.807) is 0 Å². The fraction of sp³-hybridized carbons (Fsp3) is 0.0588. The molecule has 1 aliphatic carbocycles. The normalized spacial score (nSPS) is 11.3. The fourth-order valence-electron chi connectivity index (χ4n) is 2.09. The maximum Gasteiger partial charge on any atom is 0.0352 e. The van der Waals surface area contributed by atoms with Crippen molar-refractivity contribution in [3.05, 3.63) is 77.9 Å². The van der Waals surface area contributed by atoms with Gasteiger partial charge in [0.15, 0.2) is 0 Å². The minimum absolute atomic E-state index is 0.961. The first-order valence-electron chi connectivity index (χ1n) is 6.14. The van der Waals surface area contributed by atoms with E-state index in [-0.39, 0.29) is 0 Å². The van der Waals surface area contributed by atoms with E-state index in [0.29, 0.717) is 0 Å². The molecule has 88 valence electrons. The Kier molecular flexibility index (Phi) is 2.73. The lowest BCUT2D eigenvalue weighted by molar-refractivity contribution is 1.60. The van der Waals surface area contributed by atoms with Crippen LogP contribution in [0.1, 0.15) is 11.1 Å². The van der Waals surface area contributed by atoms with Crippen LogP contribution in [0.15, 0.2) is 66.7 Å². The quantitative estimate of drug-likeness (QED) is 0.456. The van der Waals surface area contributed by atoms with Gasteiger partial charge in [0.1, 0.15) is 0 Å². The summed E-state index contributed by atoms with van der Waals surface area (Å²) in [5.41, 5.74) is 9.31. The lowest BCUT2D eigenvalue weighted by atomic mass is 10.1. The molecule has 1 heteroatoms. The first-order valence-corrected chi connectivity index (χ1v) is 6.14. The van der Waals surface area contributed by atoms with Crippen molar-refractivity contribution in [1.29, 1.82) is 0 Å². The molecule has 0 aromatic heterocycles. The lowest BCUT2D eigenvalue weighted by Gasteiger charge is -1.92. The third-order valence-corrected chi connectivity index (χ3v) is 3.21. The third-order valence-electron chi connectivity index (χ3n) is 3.21. The summed E-state index contributed by atoms with van der Waals surface area (Å²) >= 11 is 0. The molecular weight excluding hydrogens is 218 g/mol. The molecule has 1 aliphatic rings. The molecule has 0 bridgehead atoms. The van der Waals surface area contributed by atoms with Gasteiger partial charge in [-0.2, -0.15) is 0 Å². The number of fused-ring (bicyclic) bond motifs is 2. The van der Waals surface area contributed by atoms with Crippen LogP contribution >= 0.6 is 0 Å². The molecule has 0 fully saturated rings. The maximum atomic E-state index is 5.57. The van der Waals surface area contributed by atoms with Crippen molar-refractivity contribution in [1.82, 2.24) is 0 Å². The van der Waals surface area contributed by atoms with Crippen LogP contribution in [-0.4, -0.2) is 0 Å². The topological polar surface area (TPSA) is 26.0 Å². The molecule has 0 aliphatic heterocycles. The Morgan fingerprint density at radius 1 is 0.667 bits per heavy atom. The van der Waals surface area contributed by atoms with Crippen molar-refractivity contribution in [3.63, 3.8) is 0 Å². The first kappa shape index (κ1) is 10.8. The van der Waals surface area contributed by atoms with E-state index in [9.17, 15) is 0 Å². The van der Waals surface area contributed by atoms with Gasteiger partial charge in [0.2, 0.25) is 0 Å². The highest BCUT2D eigenvalue weighted by atomic mass is 14.6. The van der Waals surface area contributed by atoms with E-state index in [0.717, 1.165) is 12.1 Å². The minimum atomic E-state index is 0.961. The van der Waals surface area contributed by atoms with Gasteiger partial charge in [0, 0.05) is 12.1 Å². The van der Waals surface area contributed by atoms with Gasteiger partial charge in [-0.1, -0.05) is 60.7 Å². The molecule has 0 atom stereocenters. The second-order valence-corrected chi connectivity index (χ2v) is 4.51. The molecular formula is C17H15N.